The van der Waals surface area contributed by atoms with Crippen molar-refractivity contribution >= 4 is 25.7 Å². The molecule has 0 amide bonds. The van der Waals surface area contributed by atoms with Crippen molar-refractivity contribution in [3.05, 3.63) is 0 Å². The molecule has 0 aliphatic heterocycles. The molecular weight excluding hydrogens is 192 g/mol. The second-order valence-corrected chi connectivity index (χ2v) is 5.00. The highest BCUT2D eigenvalue weighted by Crippen LogP contribution is 1.98. The Morgan fingerprint density at radius 2 is 2.00 bits per heavy atom. The average molecular weight is 201 g/mol. The van der Waals surface area contributed by atoms with Gasteiger partial charge in [-0.2, -0.15) is 0 Å². The van der Waals surface area contributed by atoms with Gasteiger partial charge in [0, 0.05) is 10.7 Å². The van der Waals surface area contributed by atoms with Gasteiger partial charge in [-0.05, 0) is 13.8 Å². The van der Waals surface area contributed by atoms with Crippen LogP contribution < -0.4 is 0 Å². The van der Waals surface area contributed by atoms with Gasteiger partial charge >= 0.3 is 5.97 Å². The summed E-state index contributed by atoms with van der Waals surface area (Å²) in [6.45, 7) is 3.25. The highest BCUT2D eigenvalue weighted by molar-refractivity contribution is 8.14. The summed E-state index contributed by atoms with van der Waals surface area (Å²) in [6.07, 6.45) is -0.319. The van der Waals surface area contributed by atoms with Crippen molar-refractivity contribution in [2.75, 3.05) is 5.75 Å². The summed E-state index contributed by atoms with van der Waals surface area (Å²) >= 11 is 0. The van der Waals surface area contributed by atoms with E-state index < -0.39 is 20.8 Å². The fourth-order valence-corrected chi connectivity index (χ4v) is 1.05. The molecule has 0 aromatic heterocycles. The van der Waals surface area contributed by atoms with E-state index in [1.54, 1.807) is 13.8 Å². The molecule has 0 spiro atoms. The van der Waals surface area contributed by atoms with Crippen molar-refractivity contribution in [3.63, 3.8) is 0 Å². The summed E-state index contributed by atoms with van der Waals surface area (Å²) in [5.41, 5.74) is 0. The van der Waals surface area contributed by atoms with Gasteiger partial charge in [0.15, 0.2) is 5.75 Å². The first-order valence-electron chi connectivity index (χ1n) is 2.93. The third-order valence-electron chi connectivity index (χ3n) is 0.657. The molecule has 0 N–H and O–H groups in total. The van der Waals surface area contributed by atoms with Crippen LogP contribution in [0.4, 0.5) is 0 Å². The lowest BCUT2D eigenvalue weighted by atomic mass is 10.5. The van der Waals surface area contributed by atoms with Crippen molar-refractivity contribution in [1.29, 1.82) is 0 Å². The lowest BCUT2D eigenvalue weighted by Gasteiger charge is -2.05. The Morgan fingerprint density at radius 1 is 1.55 bits per heavy atom. The molecular formula is C5H9ClO4S. The van der Waals surface area contributed by atoms with Crippen LogP contribution in [0.15, 0.2) is 0 Å². The van der Waals surface area contributed by atoms with Crippen LogP contribution in [-0.2, 0) is 18.6 Å². The van der Waals surface area contributed by atoms with Gasteiger partial charge in [0.25, 0.3) is 0 Å². The number of hydrogen-bond acceptors (Lipinski definition) is 4. The Morgan fingerprint density at radius 3 is 2.27 bits per heavy atom. The molecule has 0 radical (unpaired) electrons. The van der Waals surface area contributed by atoms with Crippen LogP contribution in [0.1, 0.15) is 13.8 Å². The molecule has 0 unspecified atom stereocenters. The van der Waals surface area contributed by atoms with Gasteiger partial charge in [-0.15, -0.1) is 0 Å². The molecule has 0 aliphatic rings. The van der Waals surface area contributed by atoms with E-state index >= 15 is 0 Å². The second kappa shape index (κ2) is 3.92. The number of halogens is 1. The number of hydrogen-bond donors (Lipinski definition) is 0. The maximum Gasteiger partial charge on any atom is 0.322 e. The van der Waals surface area contributed by atoms with E-state index in [0.717, 1.165) is 0 Å². The van der Waals surface area contributed by atoms with Crippen molar-refractivity contribution in [1.82, 2.24) is 0 Å². The topological polar surface area (TPSA) is 60.4 Å². The average Bonchev–Trinajstić information content (AvgIpc) is 1.53. The zero-order valence-electron chi connectivity index (χ0n) is 6.20. The quantitative estimate of drug-likeness (QED) is 0.492. The van der Waals surface area contributed by atoms with Crippen LogP contribution in [0.5, 0.6) is 0 Å². The van der Waals surface area contributed by atoms with E-state index in [4.69, 9.17) is 10.7 Å². The van der Waals surface area contributed by atoms with E-state index in [-0.39, 0.29) is 6.10 Å². The molecule has 0 saturated heterocycles. The number of carbonyl (C=O) groups is 1. The molecule has 0 fully saturated rings. The smallest absolute Gasteiger partial charge is 0.322 e. The predicted molar refractivity (Wildman–Crippen MR) is 40.9 cm³/mol. The first kappa shape index (κ1) is 10.7. The van der Waals surface area contributed by atoms with E-state index in [0.29, 0.717) is 0 Å². The zero-order valence-corrected chi connectivity index (χ0v) is 7.78. The summed E-state index contributed by atoms with van der Waals surface area (Å²) in [4.78, 5) is 10.6. The molecule has 0 aromatic rings. The maximum absolute atomic E-state index is 10.6. The Kier molecular flexibility index (Phi) is 3.82. The number of esters is 1. The minimum Gasteiger partial charge on any atom is -0.462 e. The monoisotopic (exact) mass is 200 g/mol. The van der Waals surface area contributed by atoms with E-state index in [9.17, 15) is 13.2 Å². The molecule has 0 bridgehead atoms. The highest BCUT2D eigenvalue weighted by atomic mass is 35.7. The molecule has 4 nitrogen and oxygen atoms in total. The van der Waals surface area contributed by atoms with Crippen LogP contribution in [0, 0.1) is 0 Å². The zero-order chi connectivity index (χ0) is 9.07. The van der Waals surface area contributed by atoms with Gasteiger partial charge in [0.05, 0.1) is 6.10 Å². The van der Waals surface area contributed by atoms with Crippen molar-refractivity contribution < 1.29 is 17.9 Å². The van der Waals surface area contributed by atoms with Gasteiger partial charge in [-0.1, -0.05) is 0 Å². The molecule has 66 valence electrons. The van der Waals surface area contributed by atoms with Crippen LogP contribution in [0.25, 0.3) is 0 Å². The summed E-state index contributed by atoms with van der Waals surface area (Å²) in [6, 6.07) is 0. The first-order valence-corrected chi connectivity index (χ1v) is 5.41. The minimum atomic E-state index is -3.77. The lowest BCUT2D eigenvalue weighted by Crippen LogP contribution is -2.18. The summed E-state index contributed by atoms with van der Waals surface area (Å²) in [5.74, 6) is -1.60. The van der Waals surface area contributed by atoms with Gasteiger partial charge in [0.1, 0.15) is 0 Å². The molecule has 0 heterocycles. The maximum atomic E-state index is 10.6. The summed E-state index contributed by atoms with van der Waals surface area (Å²) in [7, 11) is 1.01. The minimum absolute atomic E-state index is 0.319. The fourth-order valence-electron chi connectivity index (χ4n) is 0.438. The van der Waals surface area contributed by atoms with Crippen LogP contribution in [0.3, 0.4) is 0 Å². The van der Waals surface area contributed by atoms with Crippen molar-refractivity contribution in [3.8, 4) is 0 Å². The van der Waals surface area contributed by atoms with Crippen LogP contribution >= 0.6 is 10.7 Å². The molecule has 11 heavy (non-hydrogen) atoms. The third kappa shape index (κ3) is 7.61. The SMILES string of the molecule is CC(C)OC(=O)CS(=O)(=O)Cl. The predicted octanol–water partition coefficient (Wildman–Crippen LogP) is 0.507. The fraction of sp³-hybridized carbons (Fsp3) is 0.800. The van der Waals surface area contributed by atoms with Gasteiger partial charge in [0.2, 0.25) is 9.05 Å². The Labute approximate surface area is 69.9 Å². The molecule has 6 heteroatoms. The number of carbonyl (C=O) groups excluding carboxylic acids is 1. The van der Waals surface area contributed by atoms with Crippen molar-refractivity contribution in [2.24, 2.45) is 0 Å². The Hall–Kier alpha value is -0.290. The number of rotatable bonds is 3. The van der Waals surface area contributed by atoms with E-state index in [1.165, 1.54) is 0 Å². The van der Waals surface area contributed by atoms with E-state index in [2.05, 4.69) is 4.74 Å². The highest BCUT2D eigenvalue weighted by Gasteiger charge is 2.14. The lowest BCUT2D eigenvalue weighted by molar-refractivity contribution is -0.144. The normalized spacial score (nSPS) is 11.6. The molecule has 0 saturated carbocycles. The molecule has 0 atom stereocenters. The molecule has 0 rings (SSSR count). The third-order valence-corrected chi connectivity index (χ3v) is 1.57. The van der Waals surface area contributed by atoms with Crippen LogP contribution in [0.2, 0.25) is 0 Å². The van der Waals surface area contributed by atoms with Gasteiger partial charge in [-0.25, -0.2) is 8.42 Å². The molecule has 0 aromatic carbocycles. The first-order chi connectivity index (χ1) is 4.81. The second-order valence-electron chi connectivity index (χ2n) is 2.22. The molecule has 0 aliphatic carbocycles. The van der Waals surface area contributed by atoms with Gasteiger partial charge in [-0.3, -0.25) is 4.79 Å². The standard InChI is InChI=1S/C5H9ClO4S/c1-4(2)10-5(7)3-11(6,8)9/h4H,3H2,1-2H3. The van der Waals surface area contributed by atoms with Crippen LogP contribution in [-0.4, -0.2) is 26.2 Å². The van der Waals surface area contributed by atoms with Crippen molar-refractivity contribution in [2.45, 2.75) is 20.0 Å². The summed E-state index contributed by atoms with van der Waals surface area (Å²) < 4.78 is 25.1. The Bertz CT molecular complexity index is 231. The van der Waals surface area contributed by atoms with E-state index in [1.807, 2.05) is 0 Å². The summed E-state index contributed by atoms with van der Waals surface area (Å²) in [5, 5.41) is 0. The Balaban J connectivity index is 3.91. The largest absolute Gasteiger partial charge is 0.462 e. The van der Waals surface area contributed by atoms with Gasteiger partial charge < -0.3 is 4.74 Å². The number of ether oxygens (including phenoxy) is 1.